The van der Waals surface area contributed by atoms with E-state index in [0.717, 1.165) is 0 Å². The van der Waals surface area contributed by atoms with Crippen molar-refractivity contribution in [2.45, 2.75) is 12.8 Å². The molecule has 1 aromatic heterocycles. The van der Waals surface area contributed by atoms with Crippen molar-refractivity contribution in [3.63, 3.8) is 0 Å². The van der Waals surface area contributed by atoms with Crippen LogP contribution in [0.1, 0.15) is 12.0 Å². The van der Waals surface area contributed by atoms with Crippen molar-refractivity contribution >= 4 is 34.6 Å². The van der Waals surface area contributed by atoms with Crippen molar-refractivity contribution in [1.29, 1.82) is 0 Å². The van der Waals surface area contributed by atoms with Crippen molar-refractivity contribution in [2.24, 2.45) is 0 Å². The number of nitrogens with one attached hydrogen (secondary N) is 2. The van der Waals surface area contributed by atoms with Crippen LogP contribution in [-0.2, 0) is 11.0 Å². The Hall–Kier alpha value is -1.21. The average Bonchev–Trinajstić information content (AvgIpc) is 2.30. The Bertz CT molecular complexity index is 807. The summed E-state index contributed by atoms with van der Waals surface area (Å²) in [6, 6.07) is 3.40. The molecule has 0 aliphatic rings. The summed E-state index contributed by atoms with van der Waals surface area (Å²) in [6.07, 6.45) is 0.425. The fourth-order valence-corrected chi connectivity index (χ4v) is 3.01. The normalized spacial score (nSPS) is 11.9. The highest BCUT2D eigenvalue weighted by Crippen LogP contribution is 2.35. The Labute approximate surface area is 121 Å². The van der Waals surface area contributed by atoms with E-state index in [1.807, 2.05) is 0 Å². The quantitative estimate of drug-likeness (QED) is 0.478. The van der Waals surface area contributed by atoms with E-state index >= 15 is 0 Å². The van der Waals surface area contributed by atoms with Gasteiger partial charge in [0.2, 0.25) is 0 Å². The van der Waals surface area contributed by atoms with Gasteiger partial charge in [-0.1, -0.05) is 15.9 Å². The van der Waals surface area contributed by atoms with Crippen molar-refractivity contribution in [2.75, 3.05) is 6.16 Å². The maximum atomic E-state index is 11.4. The Morgan fingerprint density at radius 3 is 2.45 bits per heavy atom. The van der Waals surface area contributed by atoms with Gasteiger partial charge >= 0.3 is 18.7 Å². The van der Waals surface area contributed by atoms with Crippen LogP contribution in [0.4, 0.5) is 0 Å². The minimum Gasteiger partial charge on any atom is -0.324 e. The number of benzene rings is 1. The molecule has 1 heterocycles. The van der Waals surface area contributed by atoms with Crippen LogP contribution >= 0.6 is 23.5 Å². The first kappa shape index (κ1) is 15.2. The second-order valence-electron chi connectivity index (χ2n) is 4.39. The summed E-state index contributed by atoms with van der Waals surface area (Å²) in [4.78, 5) is 45.3. The van der Waals surface area contributed by atoms with Crippen LogP contribution in [-0.4, -0.2) is 25.9 Å². The summed E-state index contributed by atoms with van der Waals surface area (Å²) < 4.78 is 11.5. The first-order valence-electron chi connectivity index (χ1n) is 5.75. The third-order valence-electron chi connectivity index (χ3n) is 2.77. The monoisotopic (exact) mass is 362 g/mol. The number of halogens is 1. The fraction of sp³-hybridized carbons (Fsp3) is 0.273. The van der Waals surface area contributed by atoms with Crippen molar-refractivity contribution in [1.82, 2.24) is 9.97 Å². The largest absolute Gasteiger partial charge is 0.325 e. The van der Waals surface area contributed by atoms with Gasteiger partial charge in [-0.2, -0.15) is 0 Å². The molecule has 0 saturated carbocycles. The molecule has 0 fully saturated rings. The summed E-state index contributed by atoms with van der Waals surface area (Å²) in [7, 11) is -4.03. The maximum Gasteiger partial charge on any atom is 0.325 e. The number of aromatic amines is 2. The van der Waals surface area contributed by atoms with E-state index in [9.17, 15) is 14.2 Å². The molecule has 0 unspecified atom stereocenters. The van der Waals surface area contributed by atoms with E-state index in [4.69, 9.17) is 9.79 Å². The molecule has 0 aliphatic carbocycles. The summed E-state index contributed by atoms with van der Waals surface area (Å²) >= 11 is 3.29. The van der Waals surface area contributed by atoms with Gasteiger partial charge in [0.15, 0.2) is 0 Å². The second kappa shape index (κ2) is 5.65. The lowest BCUT2D eigenvalue weighted by Gasteiger charge is -2.08. The fourth-order valence-electron chi connectivity index (χ4n) is 1.93. The van der Waals surface area contributed by atoms with Crippen molar-refractivity contribution < 1.29 is 14.4 Å². The van der Waals surface area contributed by atoms with Gasteiger partial charge < -0.3 is 19.8 Å². The molecule has 0 saturated heterocycles. The van der Waals surface area contributed by atoms with Gasteiger partial charge in [-0.15, -0.1) is 0 Å². The standard InChI is InChI=1S/C11H12BrN2O5P/c12-7-4-6(2-1-3-20(17,18)19)9-8(5-7)13-10(15)11(16)14-9/h4-5H,1-3H2,(H,13,15)(H,14,16)(H2,17,18,19). The van der Waals surface area contributed by atoms with Crippen LogP contribution in [0.25, 0.3) is 11.0 Å². The summed E-state index contributed by atoms with van der Waals surface area (Å²) in [5, 5.41) is 0. The molecule has 0 amide bonds. The molecule has 1 aromatic carbocycles. The third kappa shape index (κ3) is 3.67. The topological polar surface area (TPSA) is 123 Å². The molecular weight excluding hydrogens is 351 g/mol. The van der Waals surface area contributed by atoms with E-state index in [1.54, 1.807) is 12.1 Å². The van der Waals surface area contributed by atoms with E-state index in [2.05, 4.69) is 25.9 Å². The van der Waals surface area contributed by atoms with E-state index in [-0.39, 0.29) is 12.6 Å². The van der Waals surface area contributed by atoms with Crippen LogP contribution in [0.2, 0.25) is 0 Å². The molecular formula is C11H12BrN2O5P. The molecule has 20 heavy (non-hydrogen) atoms. The Morgan fingerprint density at radius 1 is 1.15 bits per heavy atom. The predicted molar refractivity (Wildman–Crippen MR) is 78.1 cm³/mol. The molecule has 0 spiro atoms. The minimum atomic E-state index is -4.03. The average molecular weight is 363 g/mol. The van der Waals surface area contributed by atoms with Crippen LogP contribution in [0, 0.1) is 0 Å². The highest BCUT2D eigenvalue weighted by Gasteiger charge is 2.13. The van der Waals surface area contributed by atoms with Gasteiger partial charge in [-0.05, 0) is 30.5 Å². The molecule has 108 valence electrons. The number of rotatable bonds is 4. The van der Waals surface area contributed by atoms with Crippen LogP contribution in [0.15, 0.2) is 26.2 Å². The lowest BCUT2D eigenvalue weighted by molar-refractivity contribution is 0.371. The third-order valence-corrected chi connectivity index (χ3v) is 4.13. The molecule has 7 nitrogen and oxygen atoms in total. The molecule has 0 aliphatic heterocycles. The van der Waals surface area contributed by atoms with E-state index in [1.165, 1.54) is 0 Å². The number of aromatic nitrogens is 2. The zero-order valence-corrected chi connectivity index (χ0v) is 12.7. The molecule has 2 rings (SSSR count). The highest BCUT2D eigenvalue weighted by atomic mass is 79.9. The summed E-state index contributed by atoms with van der Waals surface area (Å²) in [6.45, 7) is 0. The van der Waals surface area contributed by atoms with Crippen LogP contribution < -0.4 is 11.1 Å². The minimum absolute atomic E-state index is 0.228. The maximum absolute atomic E-state index is 11.4. The molecule has 9 heteroatoms. The van der Waals surface area contributed by atoms with Crippen LogP contribution in [0.5, 0.6) is 0 Å². The molecule has 0 radical (unpaired) electrons. The number of H-pyrrole nitrogens is 2. The Kier molecular flexibility index (Phi) is 4.29. The summed E-state index contributed by atoms with van der Waals surface area (Å²) in [5.74, 6) is 0. The van der Waals surface area contributed by atoms with Gasteiger partial charge in [0, 0.05) is 4.47 Å². The van der Waals surface area contributed by atoms with Gasteiger partial charge in [0.1, 0.15) is 0 Å². The number of hydrogen-bond donors (Lipinski definition) is 4. The highest BCUT2D eigenvalue weighted by molar-refractivity contribution is 9.10. The first-order valence-corrected chi connectivity index (χ1v) is 8.34. The lowest BCUT2D eigenvalue weighted by atomic mass is 10.1. The van der Waals surface area contributed by atoms with Gasteiger partial charge in [-0.25, -0.2) is 0 Å². The first-order chi connectivity index (χ1) is 9.26. The molecule has 0 atom stereocenters. The molecule has 2 aromatic rings. The number of aryl methyl sites for hydroxylation is 1. The van der Waals surface area contributed by atoms with Crippen molar-refractivity contribution in [3.05, 3.63) is 42.9 Å². The zero-order valence-electron chi connectivity index (χ0n) is 10.2. The van der Waals surface area contributed by atoms with Gasteiger partial charge in [-0.3, -0.25) is 14.2 Å². The lowest BCUT2D eigenvalue weighted by Crippen LogP contribution is -2.29. The number of hydrogen-bond acceptors (Lipinski definition) is 3. The second-order valence-corrected chi connectivity index (χ2v) is 7.08. The van der Waals surface area contributed by atoms with Crippen molar-refractivity contribution in [3.8, 4) is 0 Å². The van der Waals surface area contributed by atoms with Gasteiger partial charge in [0.25, 0.3) is 0 Å². The number of fused-ring (bicyclic) bond motifs is 1. The predicted octanol–water partition coefficient (Wildman–Crippen LogP) is 1.09. The smallest absolute Gasteiger partial charge is 0.324 e. The SMILES string of the molecule is O=c1[nH]c2cc(Br)cc(CCCP(=O)(O)O)c2[nH]c1=O. The van der Waals surface area contributed by atoms with Crippen LogP contribution in [0.3, 0.4) is 0 Å². The van der Waals surface area contributed by atoms with Gasteiger partial charge in [0.05, 0.1) is 17.2 Å². The molecule has 4 N–H and O–H groups in total. The molecule has 0 bridgehead atoms. The zero-order chi connectivity index (χ0) is 14.9. The Balaban J connectivity index is 2.42. The van der Waals surface area contributed by atoms with E-state index < -0.39 is 18.7 Å². The Morgan fingerprint density at radius 2 is 1.80 bits per heavy atom. The summed E-state index contributed by atoms with van der Waals surface area (Å²) in [5.41, 5.74) is 0.155. The van der Waals surface area contributed by atoms with E-state index in [0.29, 0.717) is 27.5 Å².